The highest BCUT2D eigenvalue weighted by atomic mass is 28.2. The molecule has 0 spiro atoms. The molecule has 0 amide bonds. The third kappa shape index (κ3) is 5.33. The molecule has 1 rings (SSSR count). The van der Waals surface area contributed by atoms with Gasteiger partial charge in [0.05, 0.1) is 0 Å². The van der Waals surface area contributed by atoms with Crippen molar-refractivity contribution in [2.45, 2.75) is 39.3 Å². The summed E-state index contributed by atoms with van der Waals surface area (Å²) >= 11 is 0. The normalized spacial score (nSPS) is 12.2. The van der Waals surface area contributed by atoms with Crippen LogP contribution in [-0.2, 0) is 10.5 Å². The largest absolute Gasteiger partial charge is 0.488 e. The molecule has 0 radical (unpaired) electrons. The molecule has 1 aromatic carbocycles. The molecule has 0 aliphatic heterocycles. The van der Waals surface area contributed by atoms with Gasteiger partial charge in [-0.1, -0.05) is 12.1 Å². The Morgan fingerprint density at radius 2 is 1.75 bits per heavy atom. The van der Waals surface area contributed by atoms with E-state index in [4.69, 9.17) is 9.16 Å². The summed E-state index contributed by atoms with van der Waals surface area (Å²) in [6.45, 7) is 9.07. The van der Waals surface area contributed by atoms with Crippen LogP contribution >= 0.6 is 0 Å². The summed E-state index contributed by atoms with van der Waals surface area (Å²) in [4.78, 5) is 0. The van der Waals surface area contributed by atoms with E-state index in [9.17, 15) is 0 Å². The van der Waals surface area contributed by atoms with Crippen molar-refractivity contribution in [3.8, 4) is 5.75 Å². The quantitative estimate of drug-likeness (QED) is 0.579. The SMILES string of the molecule is CCO[SiH2]Cc1ccc(OC(C)(C)C)cc1. The molecule has 0 aliphatic rings. The van der Waals surface area contributed by atoms with Crippen LogP contribution in [0.4, 0.5) is 0 Å². The van der Waals surface area contributed by atoms with Crippen molar-refractivity contribution in [3.05, 3.63) is 29.8 Å². The summed E-state index contributed by atoms with van der Waals surface area (Å²) < 4.78 is 11.2. The first kappa shape index (κ1) is 13.3. The van der Waals surface area contributed by atoms with Crippen molar-refractivity contribution in [1.82, 2.24) is 0 Å². The second-order valence-electron chi connectivity index (χ2n) is 4.81. The lowest BCUT2D eigenvalue weighted by atomic mass is 10.2. The third-order valence-corrected chi connectivity index (χ3v) is 3.56. The molecule has 0 unspecified atom stereocenters. The minimum absolute atomic E-state index is 0.123. The smallest absolute Gasteiger partial charge is 0.165 e. The minimum Gasteiger partial charge on any atom is -0.488 e. The topological polar surface area (TPSA) is 18.5 Å². The summed E-state index contributed by atoms with van der Waals surface area (Å²) in [5.74, 6) is 0.939. The fourth-order valence-electron chi connectivity index (χ4n) is 1.41. The van der Waals surface area contributed by atoms with Gasteiger partial charge in [-0.3, -0.25) is 0 Å². The number of hydrogen-bond donors (Lipinski definition) is 0. The standard InChI is InChI=1S/C13H22O2Si/c1-5-14-16-10-11-6-8-12(9-7-11)15-13(2,3)4/h6-9H,5,10,16H2,1-4H3. The lowest BCUT2D eigenvalue weighted by Gasteiger charge is -2.21. The van der Waals surface area contributed by atoms with Crippen molar-refractivity contribution in [3.63, 3.8) is 0 Å². The Morgan fingerprint density at radius 3 is 2.25 bits per heavy atom. The van der Waals surface area contributed by atoms with Crippen LogP contribution in [0.3, 0.4) is 0 Å². The van der Waals surface area contributed by atoms with Crippen LogP contribution < -0.4 is 4.74 Å². The van der Waals surface area contributed by atoms with Gasteiger partial charge in [-0.25, -0.2) is 0 Å². The van der Waals surface area contributed by atoms with Crippen molar-refractivity contribution in [1.29, 1.82) is 0 Å². The summed E-state index contributed by atoms with van der Waals surface area (Å²) in [7, 11) is -0.374. The van der Waals surface area contributed by atoms with Crippen LogP contribution in [0.25, 0.3) is 0 Å². The Kier molecular flexibility index (Phi) is 5.02. The molecule has 0 saturated heterocycles. The van der Waals surface area contributed by atoms with Gasteiger partial charge < -0.3 is 9.16 Å². The van der Waals surface area contributed by atoms with Gasteiger partial charge in [0.25, 0.3) is 0 Å². The molecule has 0 aliphatic carbocycles. The van der Waals surface area contributed by atoms with Crippen LogP contribution in [0.15, 0.2) is 24.3 Å². The fourth-order valence-corrected chi connectivity index (χ4v) is 2.41. The maximum Gasteiger partial charge on any atom is 0.165 e. The number of benzene rings is 1. The van der Waals surface area contributed by atoms with Crippen molar-refractivity contribution in [2.24, 2.45) is 0 Å². The molecule has 0 bridgehead atoms. The maximum absolute atomic E-state index is 5.76. The molecule has 0 atom stereocenters. The first-order chi connectivity index (χ1) is 7.51. The van der Waals surface area contributed by atoms with Crippen LogP contribution in [0.5, 0.6) is 5.75 Å². The molecule has 1 aromatic rings. The van der Waals surface area contributed by atoms with E-state index >= 15 is 0 Å². The lowest BCUT2D eigenvalue weighted by Crippen LogP contribution is -2.22. The predicted octanol–water partition coefficient (Wildman–Crippen LogP) is 2.48. The number of hydrogen-bond acceptors (Lipinski definition) is 2. The molecule has 16 heavy (non-hydrogen) atoms. The summed E-state index contributed by atoms with van der Waals surface area (Å²) in [5, 5.41) is 0. The molecule has 0 N–H and O–H groups in total. The van der Waals surface area contributed by atoms with E-state index in [-0.39, 0.29) is 15.4 Å². The van der Waals surface area contributed by atoms with Gasteiger partial charge in [-0.05, 0) is 51.4 Å². The van der Waals surface area contributed by atoms with Gasteiger partial charge in [-0.15, -0.1) is 0 Å². The average molecular weight is 238 g/mol. The molecule has 0 saturated carbocycles. The maximum atomic E-state index is 5.76. The van der Waals surface area contributed by atoms with Crippen LogP contribution in [-0.4, -0.2) is 22.0 Å². The zero-order chi connectivity index (χ0) is 12.0. The van der Waals surface area contributed by atoms with E-state index in [1.54, 1.807) is 0 Å². The first-order valence-corrected chi connectivity index (χ1v) is 7.44. The van der Waals surface area contributed by atoms with Crippen LogP contribution in [0.1, 0.15) is 33.3 Å². The molecule has 2 nitrogen and oxygen atoms in total. The zero-order valence-electron chi connectivity index (χ0n) is 10.7. The van der Waals surface area contributed by atoms with Gasteiger partial charge in [0.15, 0.2) is 9.76 Å². The van der Waals surface area contributed by atoms with Crippen molar-refractivity contribution >= 4 is 9.76 Å². The number of ether oxygens (including phenoxy) is 1. The van der Waals surface area contributed by atoms with E-state index in [1.165, 1.54) is 5.56 Å². The third-order valence-electron chi connectivity index (χ3n) is 2.09. The van der Waals surface area contributed by atoms with Gasteiger partial charge in [-0.2, -0.15) is 0 Å². The Hall–Kier alpha value is -0.803. The van der Waals surface area contributed by atoms with E-state index in [2.05, 4.69) is 32.9 Å². The van der Waals surface area contributed by atoms with E-state index in [0.29, 0.717) is 0 Å². The van der Waals surface area contributed by atoms with Gasteiger partial charge in [0.1, 0.15) is 11.4 Å². The Morgan fingerprint density at radius 1 is 1.12 bits per heavy atom. The second kappa shape index (κ2) is 6.06. The van der Waals surface area contributed by atoms with Crippen LogP contribution in [0.2, 0.25) is 0 Å². The van der Waals surface area contributed by atoms with Crippen LogP contribution in [0, 0.1) is 0 Å². The molecule has 90 valence electrons. The summed E-state index contributed by atoms with van der Waals surface area (Å²) in [6, 6.07) is 9.45. The predicted molar refractivity (Wildman–Crippen MR) is 70.7 cm³/mol. The summed E-state index contributed by atoms with van der Waals surface area (Å²) in [6.07, 6.45) is 0. The van der Waals surface area contributed by atoms with E-state index in [0.717, 1.165) is 18.4 Å². The Balaban J connectivity index is 2.48. The molecular weight excluding hydrogens is 216 g/mol. The van der Waals surface area contributed by atoms with Gasteiger partial charge in [0, 0.05) is 6.61 Å². The number of rotatable bonds is 5. The van der Waals surface area contributed by atoms with Gasteiger partial charge in [0.2, 0.25) is 0 Å². The van der Waals surface area contributed by atoms with Gasteiger partial charge >= 0.3 is 0 Å². The molecule has 0 aromatic heterocycles. The molecular formula is C13H22O2Si. The molecule has 0 heterocycles. The Bertz CT molecular complexity index is 301. The molecule has 0 fully saturated rings. The second-order valence-corrected chi connectivity index (χ2v) is 6.12. The Labute approximate surface area is 101 Å². The van der Waals surface area contributed by atoms with E-state index in [1.807, 2.05) is 19.1 Å². The minimum atomic E-state index is -0.374. The van der Waals surface area contributed by atoms with Crippen molar-refractivity contribution in [2.75, 3.05) is 6.61 Å². The highest BCUT2D eigenvalue weighted by molar-refractivity contribution is 6.26. The summed E-state index contributed by atoms with van der Waals surface area (Å²) in [5.41, 5.74) is 1.23. The zero-order valence-corrected chi connectivity index (χ0v) is 12.2. The first-order valence-electron chi connectivity index (χ1n) is 5.87. The lowest BCUT2D eigenvalue weighted by molar-refractivity contribution is 0.131. The van der Waals surface area contributed by atoms with E-state index < -0.39 is 0 Å². The molecule has 3 heteroatoms. The highest BCUT2D eigenvalue weighted by Crippen LogP contribution is 2.18. The van der Waals surface area contributed by atoms with Crippen molar-refractivity contribution < 1.29 is 9.16 Å². The fraction of sp³-hybridized carbons (Fsp3) is 0.538. The average Bonchev–Trinajstić information content (AvgIpc) is 2.19. The monoisotopic (exact) mass is 238 g/mol. The highest BCUT2D eigenvalue weighted by Gasteiger charge is 2.11.